The molecule has 11 heavy (non-hydrogen) atoms. The van der Waals surface area contributed by atoms with Gasteiger partial charge < -0.3 is 5.11 Å². The summed E-state index contributed by atoms with van der Waals surface area (Å²) in [6, 6.07) is 0. The second-order valence-electron chi connectivity index (χ2n) is 2.10. The van der Waals surface area contributed by atoms with Gasteiger partial charge in [-0.15, -0.1) is 5.11 Å². The molecule has 0 bridgehead atoms. The Hall–Kier alpha value is -1.52. The lowest BCUT2D eigenvalue weighted by Crippen LogP contribution is -2.15. The quantitative estimate of drug-likeness (QED) is 0.631. The average Bonchev–Trinajstić information content (AvgIpc) is 1.93. The van der Waals surface area contributed by atoms with Crippen molar-refractivity contribution < 1.29 is 14.7 Å². The molecular formula is C6H6N2O3. The van der Waals surface area contributed by atoms with Gasteiger partial charge in [0.05, 0.1) is 12.3 Å². The van der Waals surface area contributed by atoms with Crippen molar-refractivity contribution in [3.63, 3.8) is 0 Å². The summed E-state index contributed by atoms with van der Waals surface area (Å²) in [7, 11) is 0. The number of carboxylic acids is 1. The van der Waals surface area contributed by atoms with E-state index >= 15 is 0 Å². The van der Waals surface area contributed by atoms with Crippen LogP contribution in [0.1, 0.15) is 6.42 Å². The van der Waals surface area contributed by atoms with Crippen LogP contribution in [-0.4, -0.2) is 17.0 Å². The lowest BCUT2D eigenvalue weighted by atomic mass is 10.1. The number of nitrogens with zero attached hydrogens (tertiary/aromatic N) is 2. The molecule has 1 atom stereocenters. The molecule has 1 heterocycles. The SMILES string of the molecule is O=C(O)CC1C=CN=NC1=O. The third-order valence-corrected chi connectivity index (χ3v) is 1.25. The highest BCUT2D eigenvalue weighted by atomic mass is 16.4. The maximum absolute atomic E-state index is 10.8. The van der Waals surface area contributed by atoms with Gasteiger partial charge in [-0.05, 0) is 0 Å². The maximum Gasteiger partial charge on any atom is 0.304 e. The molecule has 1 rings (SSSR count). The largest absolute Gasteiger partial charge is 0.481 e. The molecule has 0 saturated carbocycles. The first-order valence-electron chi connectivity index (χ1n) is 3.03. The van der Waals surface area contributed by atoms with Gasteiger partial charge in [-0.25, -0.2) is 0 Å². The van der Waals surface area contributed by atoms with Crippen molar-refractivity contribution in [2.24, 2.45) is 16.1 Å². The topological polar surface area (TPSA) is 79.1 Å². The van der Waals surface area contributed by atoms with Crippen LogP contribution < -0.4 is 0 Å². The monoisotopic (exact) mass is 154 g/mol. The predicted molar refractivity (Wildman–Crippen MR) is 34.7 cm³/mol. The molecule has 0 spiro atoms. The molecule has 0 aromatic carbocycles. The molecule has 5 heteroatoms. The zero-order valence-corrected chi connectivity index (χ0v) is 5.60. The summed E-state index contributed by atoms with van der Waals surface area (Å²) < 4.78 is 0. The van der Waals surface area contributed by atoms with Gasteiger partial charge in [0.2, 0.25) is 0 Å². The van der Waals surface area contributed by atoms with Crippen LogP contribution in [0.4, 0.5) is 0 Å². The van der Waals surface area contributed by atoms with Crippen LogP contribution in [0, 0.1) is 5.92 Å². The van der Waals surface area contributed by atoms with Crippen LogP contribution in [0.15, 0.2) is 22.5 Å². The second-order valence-corrected chi connectivity index (χ2v) is 2.10. The number of aliphatic carboxylic acids is 1. The Morgan fingerprint density at radius 1 is 1.73 bits per heavy atom. The zero-order chi connectivity index (χ0) is 8.27. The van der Waals surface area contributed by atoms with E-state index < -0.39 is 17.8 Å². The second kappa shape index (κ2) is 3.05. The van der Waals surface area contributed by atoms with E-state index in [-0.39, 0.29) is 6.42 Å². The number of hydrogen-bond acceptors (Lipinski definition) is 3. The molecule has 0 radical (unpaired) electrons. The Labute approximate surface area is 62.4 Å². The highest BCUT2D eigenvalue weighted by Crippen LogP contribution is 2.11. The van der Waals surface area contributed by atoms with Gasteiger partial charge in [-0.1, -0.05) is 6.08 Å². The van der Waals surface area contributed by atoms with E-state index in [4.69, 9.17) is 5.11 Å². The summed E-state index contributed by atoms with van der Waals surface area (Å²) in [4.78, 5) is 20.9. The highest BCUT2D eigenvalue weighted by Gasteiger charge is 2.20. The number of hydrogen-bond donors (Lipinski definition) is 1. The van der Waals surface area contributed by atoms with Crippen molar-refractivity contribution in [3.8, 4) is 0 Å². The smallest absolute Gasteiger partial charge is 0.304 e. The van der Waals surface area contributed by atoms with Gasteiger partial charge in [0.25, 0.3) is 5.91 Å². The fraction of sp³-hybridized carbons (Fsp3) is 0.333. The lowest BCUT2D eigenvalue weighted by Gasteiger charge is -2.05. The molecule has 0 saturated heterocycles. The zero-order valence-electron chi connectivity index (χ0n) is 5.60. The standard InChI is InChI=1S/C6H6N2O3/c9-5(10)3-4-1-2-7-8-6(4)11/h1-2,4H,3H2,(H,9,10). The van der Waals surface area contributed by atoms with Gasteiger partial charge in [0.1, 0.15) is 0 Å². The molecule has 58 valence electrons. The molecule has 0 aromatic rings. The van der Waals surface area contributed by atoms with E-state index in [1.165, 1.54) is 12.3 Å². The minimum Gasteiger partial charge on any atom is -0.481 e. The summed E-state index contributed by atoms with van der Waals surface area (Å²) in [5.41, 5.74) is 0. The first-order valence-corrected chi connectivity index (χ1v) is 3.03. The molecular weight excluding hydrogens is 148 g/mol. The number of carbonyl (C=O) groups is 2. The van der Waals surface area contributed by atoms with Crippen LogP contribution in [0.2, 0.25) is 0 Å². The Morgan fingerprint density at radius 3 is 3.00 bits per heavy atom. The number of carbonyl (C=O) groups excluding carboxylic acids is 1. The fourth-order valence-corrected chi connectivity index (χ4v) is 0.733. The Kier molecular flexibility index (Phi) is 2.10. The summed E-state index contributed by atoms with van der Waals surface area (Å²) in [6.45, 7) is 0. The van der Waals surface area contributed by atoms with E-state index in [2.05, 4.69) is 10.2 Å². The number of azo groups is 1. The Morgan fingerprint density at radius 2 is 2.45 bits per heavy atom. The molecule has 0 aromatic heterocycles. The molecule has 1 N–H and O–H groups in total. The van der Waals surface area contributed by atoms with E-state index in [0.717, 1.165) is 0 Å². The first kappa shape index (κ1) is 7.59. The molecule has 1 aliphatic rings. The maximum atomic E-state index is 10.8. The molecule has 1 aliphatic heterocycles. The summed E-state index contributed by atoms with van der Waals surface area (Å²) >= 11 is 0. The number of rotatable bonds is 2. The summed E-state index contributed by atoms with van der Waals surface area (Å²) in [5, 5.41) is 14.8. The Balaban J connectivity index is 2.59. The third kappa shape index (κ3) is 1.96. The van der Waals surface area contributed by atoms with Crippen LogP contribution in [0.25, 0.3) is 0 Å². The summed E-state index contributed by atoms with van der Waals surface area (Å²) in [5.74, 6) is -2.13. The molecule has 1 unspecified atom stereocenters. The van der Waals surface area contributed by atoms with Crippen molar-refractivity contribution in [1.82, 2.24) is 0 Å². The van der Waals surface area contributed by atoms with Crippen LogP contribution in [0.5, 0.6) is 0 Å². The fourth-order valence-electron chi connectivity index (χ4n) is 0.733. The van der Waals surface area contributed by atoms with Crippen molar-refractivity contribution in [1.29, 1.82) is 0 Å². The van der Waals surface area contributed by atoms with Crippen molar-refractivity contribution in [2.75, 3.05) is 0 Å². The van der Waals surface area contributed by atoms with E-state index in [1.807, 2.05) is 0 Å². The molecule has 0 fully saturated rings. The average molecular weight is 154 g/mol. The van der Waals surface area contributed by atoms with E-state index in [9.17, 15) is 9.59 Å². The van der Waals surface area contributed by atoms with Crippen molar-refractivity contribution in [2.45, 2.75) is 6.42 Å². The molecule has 5 nitrogen and oxygen atoms in total. The Bertz CT molecular complexity index is 244. The van der Waals surface area contributed by atoms with Gasteiger partial charge in [-0.2, -0.15) is 5.11 Å². The predicted octanol–water partition coefficient (Wildman–Crippen LogP) is 0.583. The van der Waals surface area contributed by atoms with Gasteiger partial charge in [-0.3, -0.25) is 9.59 Å². The first-order chi connectivity index (χ1) is 5.20. The van der Waals surface area contributed by atoms with Crippen LogP contribution in [0.3, 0.4) is 0 Å². The highest BCUT2D eigenvalue weighted by molar-refractivity contribution is 5.85. The number of amides is 1. The van der Waals surface area contributed by atoms with Crippen LogP contribution in [-0.2, 0) is 9.59 Å². The third-order valence-electron chi connectivity index (χ3n) is 1.25. The molecule has 1 amide bonds. The van der Waals surface area contributed by atoms with Gasteiger partial charge >= 0.3 is 5.97 Å². The van der Waals surface area contributed by atoms with Crippen LogP contribution >= 0.6 is 0 Å². The summed E-state index contributed by atoms with van der Waals surface area (Å²) in [6.07, 6.45) is 2.55. The van der Waals surface area contributed by atoms with Crippen molar-refractivity contribution >= 4 is 11.9 Å². The normalized spacial score (nSPS) is 22.2. The van der Waals surface area contributed by atoms with E-state index in [0.29, 0.717) is 0 Å². The van der Waals surface area contributed by atoms with E-state index in [1.54, 1.807) is 0 Å². The minimum atomic E-state index is -1.01. The van der Waals surface area contributed by atoms with Crippen molar-refractivity contribution in [3.05, 3.63) is 12.3 Å². The molecule has 0 aliphatic carbocycles. The van der Waals surface area contributed by atoms with Gasteiger partial charge in [0, 0.05) is 6.20 Å². The minimum absolute atomic E-state index is 0.214. The number of carboxylic acid groups (broad SMARTS) is 1. The van der Waals surface area contributed by atoms with Gasteiger partial charge in [0.15, 0.2) is 0 Å². The lowest BCUT2D eigenvalue weighted by molar-refractivity contribution is -0.139.